The van der Waals surface area contributed by atoms with Crippen molar-refractivity contribution < 1.29 is 26.9 Å². The number of rotatable bonds is 5. The van der Waals surface area contributed by atoms with Crippen molar-refractivity contribution in [2.45, 2.75) is 20.0 Å². The van der Waals surface area contributed by atoms with Crippen LogP contribution in [0, 0.1) is 0 Å². The minimum absolute atomic E-state index is 0.0541. The second-order valence-electron chi connectivity index (χ2n) is 3.96. The van der Waals surface area contributed by atoms with Crippen LogP contribution in [-0.4, -0.2) is 26.4 Å². The predicted octanol–water partition coefficient (Wildman–Crippen LogP) is 1.22. The molecule has 0 aromatic heterocycles. The Hall–Kier alpha value is -1.89. The monoisotopic (exact) mass is 286 g/mol. The summed E-state index contributed by atoms with van der Waals surface area (Å²) in [6.07, 6.45) is -0.158. The molecule has 0 aliphatic rings. The Balaban J connectivity index is 3.08. The zero-order valence-corrected chi connectivity index (χ0v) is 11.6. The fourth-order valence-electron chi connectivity index (χ4n) is 1.46. The molecule has 19 heavy (non-hydrogen) atoms. The SMILES string of the molecule is CC(=O)OC(C(C)=O)c1cccc(OS(C)(=O)=O)c1. The Morgan fingerprint density at radius 1 is 1.21 bits per heavy atom. The van der Waals surface area contributed by atoms with Gasteiger partial charge < -0.3 is 8.92 Å². The Bertz CT molecular complexity index is 590. The first-order valence-electron chi connectivity index (χ1n) is 5.36. The molecule has 7 heteroatoms. The van der Waals surface area contributed by atoms with E-state index in [9.17, 15) is 18.0 Å². The van der Waals surface area contributed by atoms with Gasteiger partial charge in [-0.2, -0.15) is 8.42 Å². The van der Waals surface area contributed by atoms with Crippen molar-refractivity contribution in [3.63, 3.8) is 0 Å². The molecule has 0 aliphatic carbocycles. The van der Waals surface area contributed by atoms with Crippen LogP contribution in [0.5, 0.6) is 5.75 Å². The van der Waals surface area contributed by atoms with E-state index in [0.717, 1.165) is 6.26 Å². The smallest absolute Gasteiger partial charge is 0.306 e. The second kappa shape index (κ2) is 5.83. The minimum Gasteiger partial charge on any atom is -0.450 e. The molecule has 1 unspecified atom stereocenters. The second-order valence-corrected chi connectivity index (χ2v) is 5.53. The van der Waals surface area contributed by atoms with Gasteiger partial charge in [0.2, 0.25) is 0 Å². The summed E-state index contributed by atoms with van der Waals surface area (Å²) in [5, 5.41) is 0. The molecule has 0 amide bonds. The molecule has 1 aromatic rings. The molecule has 1 atom stereocenters. The summed E-state index contributed by atoms with van der Waals surface area (Å²) in [7, 11) is -3.66. The lowest BCUT2D eigenvalue weighted by molar-refractivity contribution is -0.152. The van der Waals surface area contributed by atoms with Gasteiger partial charge in [0.25, 0.3) is 0 Å². The van der Waals surface area contributed by atoms with E-state index < -0.39 is 22.2 Å². The van der Waals surface area contributed by atoms with Crippen LogP contribution < -0.4 is 4.18 Å². The third-order valence-electron chi connectivity index (χ3n) is 2.06. The van der Waals surface area contributed by atoms with E-state index in [1.807, 2.05) is 0 Å². The normalized spacial score (nSPS) is 12.6. The van der Waals surface area contributed by atoms with Crippen molar-refractivity contribution in [3.05, 3.63) is 29.8 Å². The van der Waals surface area contributed by atoms with Crippen molar-refractivity contribution in [2.75, 3.05) is 6.26 Å². The highest BCUT2D eigenvalue weighted by Crippen LogP contribution is 2.23. The summed E-state index contributed by atoms with van der Waals surface area (Å²) in [5.74, 6) is -0.917. The Kier molecular flexibility index (Phi) is 4.66. The number of carbonyl (C=O) groups excluding carboxylic acids is 2. The van der Waals surface area contributed by atoms with E-state index in [-0.39, 0.29) is 11.5 Å². The van der Waals surface area contributed by atoms with Crippen LogP contribution in [0.2, 0.25) is 0 Å². The molecule has 6 nitrogen and oxygen atoms in total. The van der Waals surface area contributed by atoms with Gasteiger partial charge in [0, 0.05) is 12.5 Å². The van der Waals surface area contributed by atoms with Gasteiger partial charge in [-0.15, -0.1) is 0 Å². The van der Waals surface area contributed by atoms with Gasteiger partial charge in [-0.25, -0.2) is 0 Å². The number of hydrogen-bond donors (Lipinski definition) is 0. The van der Waals surface area contributed by atoms with Crippen molar-refractivity contribution >= 4 is 21.9 Å². The summed E-state index contributed by atoms with van der Waals surface area (Å²) in [5.41, 5.74) is 0.351. The van der Waals surface area contributed by atoms with Gasteiger partial charge in [0.05, 0.1) is 6.26 Å². The van der Waals surface area contributed by atoms with E-state index in [1.165, 1.54) is 32.0 Å². The molecule has 0 bridgehead atoms. The summed E-state index contributed by atoms with van der Waals surface area (Å²) in [4.78, 5) is 22.4. The Morgan fingerprint density at radius 3 is 2.32 bits per heavy atom. The lowest BCUT2D eigenvalue weighted by Crippen LogP contribution is -2.16. The number of Topliss-reactive ketones (excluding diaryl/α,β-unsaturated/α-hetero) is 1. The lowest BCUT2D eigenvalue weighted by Gasteiger charge is -2.15. The molecule has 0 saturated carbocycles. The maximum Gasteiger partial charge on any atom is 0.306 e. The van der Waals surface area contributed by atoms with Gasteiger partial charge in [0.1, 0.15) is 5.75 Å². The molecule has 0 N–H and O–H groups in total. The summed E-state index contributed by atoms with van der Waals surface area (Å²) in [6.45, 7) is 2.46. The molecule has 0 heterocycles. The highest BCUT2D eigenvalue weighted by atomic mass is 32.2. The molecule has 0 spiro atoms. The maximum atomic E-state index is 11.4. The van der Waals surface area contributed by atoms with E-state index >= 15 is 0 Å². The van der Waals surface area contributed by atoms with Crippen LogP contribution in [0.15, 0.2) is 24.3 Å². The number of carbonyl (C=O) groups is 2. The number of benzene rings is 1. The number of ketones is 1. The fourth-order valence-corrected chi connectivity index (χ4v) is 1.91. The third kappa shape index (κ3) is 5.09. The van der Waals surface area contributed by atoms with Crippen LogP contribution in [-0.2, 0) is 24.4 Å². The van der Waals surface area contributed by atoms with Gasteiger partial charge >= 0.3 is 16.1 Å². The topological polar surface area (TPSA) is 86.7 Å². The van der Waals surface area contributed by atoms with Crippen LogP contribution in [0.3, 0.4) is 0 Å². The first kappa shape index (κ1) is 15.2. The molecular weight excluding hydrogens is 272 g/mol. The molecule has 1 rings (SSSR count). The quantitative estimate of drug-likeness (QED) is 0.597. The lowest BCUT2D eigenvalue weighted by atomic mass is 10.1. The van der Waals surface area contributed by atoms with Crippen molar-refractivity contribution in [1.82, 2.24) is 0 Å². The maximum absolute atomic E-state index is 11.4. The first-order valence-corrected chi connectivity index (χ1v) is 7.18. The molecular formula is C12H14O6S. The molecule has 0 saturated heterocycles. The van der Waals surface area contributed by atoms with Crippen LogP contribution in [0.25, 0.3) is 0 Å². The standard InChI is InChI=1S/C12H14O6S/c1-8(13)12(17-9(2)14)10-5-4-6-11(7-10)18-19(3,15)16/h4-7,12H,1-3H3. The summed E-state index contributed by atoms with van der Waals surface area (Å²) >= 11 is 0. The van der Waals surface area contributed by atoms with Crippen LogP contribution >= 0.6 is 0 Å². The minimum atomic E-state index is -3.66. The van der Waals surface area contributed by atoms with Gasteiger partial charge in [-0.05, 0) is 19.1 Å². The molecule has 0 radical (unpaired) electrons. The van der Waals surface area contributed by atoms with E-state index in [4.69, 9.17) is 8.92 Å². The summed E-state index contributed by atoms with van der Waals surface area (Å²) < 4.78 is 31.6. The molecule has 1 aromatic carbocycles. The number of ether oxygens (including phenoxy) is 1. The zero-order chi connectivity index (χ0) is 14.6. The van der Waals surface area contributed by atoms with Crippen molar-refractivity contribution in [1.29, 1.82) is 0 Å². The zero-order valence-electron chi connectivity index (χ0n) is 10.7. The highest BCUT2D eigenvalue weighted by molar-refractivity contribution is 7.86. The molecule has 0 aliphatic heterocycles. The van der Waals surface area contributed by atoms with Crippen molar-refractivity contribution in [3.8, 4) is 5.75 Å². The van der Waals surface area contributed by atoms with Gasteiger partial charge in [0.15, 0.2) is 11.9 Å². The molecule has 0 fully saturated rings. The van der Waals surface area contributed by atoms with E-state index in [2.05, 4.69) is 0 Å². The van der Waals surface area contributed by atoms with E-state index in [1.54, 1.807) is 6.07 Å². The van der Waals surface area contributed by atoms with E-state index in [0.29, 0.717) is 5.56 Å². The Morgan fingerprint density at radius 2 is 1.84 bits per heavy atom. The highest BCUT2D eigenvalue weighted by Gasteiger charge is 2.20. The number of hydrogen-bond acceptors (Lipinski definition) is 6. The summed E-state index contributed by atoms with van der Waals surface area (Å²) in [6, 6.07) is 5.82. The van der Waals surface area contributed by atoms with Gasteiger partial charge in [-0.3, -0.25) is 9.59 Å². The van der Waals surface area contributed by atoms with Crippen molar-refractivity contribution in [2.24, 2.45) is 0 Å². The predicted molar refractivity (Wildman–Crippen MR) is 67.1 cm³/mol. The average Bonchev–Trinajstić information content (AvgIpc) is 2.23. The molecule has 104 valence electrons. The Labute approximate surface area is 111 Å². The third-order valence-corrected chi connectivity index (χ3v) is 2.56. The fraction of sp³-hybridized carbons (Fsp3) is 0.333. The van der Waals surface area contributed by atoms with Crippen LogP contribution in [0.4, 0.5) is 0 Å². The van der Waals surface area contributed by atoms with Crippen LogP contribution in [0.1, 0.15) is 25.5 Å². The van der Waals surface area contributed by atoms with Gasteiger partial charge in [-0.1, -0.05) is 12.1 Å². The average molecular weight is 286 g/mol. The first-order chi connectivity index (χ1) is 8.69. The largest absolute Gasteiger partial charge is 0.450 e. The number of esters is 1.